The van der Waals surface area contributed by atoms with Gasteiger partial charge in [0.2, 0.25) is 5.91 Å². The summed E-state index contributed by atoms with van der Waals surface area (Å²) < 4.78 is 2.02. The molecule has 0 saturated heterocycles. The first-order valence-electron chi connectivity index (χ1n) is 7.67. The lowest BCUT2D eigenvalue weighted by Gasteiger charge is -2.35. The lowest BCUT2D eigenvalue weighted by Crippen LogP contribution is -2.38. The molecule has 1 aromatic rings. The van der Waals surface area contributed by atoms with Gasteiger partial charge < -0.3 is 15.6 Å². The minimum atomic E-state index is 0.0622. The van der Waals surface area contributed by atoms with Gasteiger partial charge in [0, 0.05) is 31.9 Å². The molecule has 0 bridgehead atoms. The molecular formula is C15H26N4O. The van der Waals surface area contributed by atoms with Gasteiger partial charge in [-0.15, -0.1) is 0 Å². The number of nitrogens with one attached hydrogen (secondary N) is 1. The van der Waals surface area contributed by atoms with Gasteiger partial charge in [-0.25, -0.2) is 4.98 Å². The maximum absolute atomic E-state index is 12.1. The molecular weight excluding hydrogens is 252 g/mol. The summed E-state index contributed by atoms with van der Waals surface area (Å²) in [5.74, 6) is 0.156. The number of carbonyl (C=O) groups is 1. The molecule has 1 aromatic heterocycles. The van der Waals surface area contributed by atoms with E-state index in [9.17, 15) is 4.79 Å². The van der Waals surface area contributed by atoms with Crippen molar-refractivity contribution in [2.75, 3.05) is 13.1 Å². The molecule has 1 heterocycles. The van der Waals surface area contributed by atoms with Crippen LogP contribution < -0.4 is 11.1 Å². The molecule has 0 aromatic carbocycles. The van der Waals surface area contributed by atoms with Gasteiger partial charge in [-0.3, -0.25) is 4.79 Å². The summed E-state index contributed by atoms with van der Waals surface area (Å²) in [5.41, 5.74) is 5.98. The first-order chi connectivity index (χ1) is 9.74. The minimum Gasteiger partial charge on any atom is -0.356 e. The molecule has 0 unspecified atom stereocenters. The molecule has 112 valence electrons. The molecule has 0 aliphatic heterocycles. The maximum Gasteiger partial charge on any atom is 0.220 e. The number of aromatic nitrogens is 2. The van der Waals surface area contributed by atoms with E-state index in [1.54, 1.807) is 12.5 Å². The van der Waals surface area contributed by atoms with Crippen LogP contribution in [0.2, 0.25) is 0 Å². The molecule has 1 saturated carbocycles. The van der Waals surface area contributed by atoms with E-state index >= 15 is 0 Å². The van der Waals surface area contributed by atoms with Gasteiger partial charge in [-0.2, -0.15) is 0 Å². The van der Waals surface area contributed by atoms with Crippen molar-refractivity contribution in [2.45, 2.75) is 51.5 Å². The van der Waals surface area contributed by atoms with Crippen LogP contribution in [0.25, 0.3) is 0 Å². The van der Waals surface area contributed by atoms with Gasteiger partial charge in [-0.1, -0.05) is 19.3 Å². The van der Waals surface area contributed by atoms with E-state index in [1.807, 2.05) is 10.8 Å². The summed E-state index contributed by atoms with van der Waals surface area (Å²) in [5, 5.41) is 3.02. The zero-order valence-electron chi connectivity index (χ0n) is 12.2. The van der Waals surface area contributed by atoms with Crippen LogP contribution >= 0.6 is 0 Å². The summed E-state index contributed by atoms with van der Waals surface area (Å²) >= 11 is 0. The molecule has 0 atom stereocenters. The van der Waals surface area contributed by atoms with Crippen molar-refractivity contribution in [1.82, 2.24) is 14.9 Å². The number of rotatable bonds is 7. The highest BCUT2D eigenvalue weighted by Gasteiger charge is 2.32. The van der Waals surface area contributed by atoms with Crippen LogP contribution in [0, 0.1) is 5.41 Å². The maximum atomic E-state index is 12.1. The van der Waals surface area contributed by atoms with Crippen molar-refractivity contribution in [3.05, 3.63) is 18.7 Å². The second kappa shape index (κ2) is 7.43. The molecule has 5 nitrogen and oxygen atoms in total. The van der Waals surface area contributed by atoms with Crippen molar-refractivity contribution in [1.29, 1.82) is 0 Å². The predicted octanol–water partition coefficient (Wildman–Crippen LogP) is 1.69. The predicted molar refractivity (Wildman–Crippen MR) is 79.0 cm³/mol. The van der Waals surface area contributed by atoms with Gasteiger partial charge in [0.05, 0.1) is 6.33 Å². The Morgan fingerprint density at radius 3 is 2.80 bits per heavy atom. The standard InChI is InChI=1S/C15H26N4O/c16-12-15(5-2-1-3-6-15)11-14(20)18-7-4-9-19-10-8-17-13-19/h8,10,13H,1-7,9,11-12,16H2,(H,18,20). The third kappa shape index (κ3) is 4.34. The number of nitrogens with two attached hydrogens (primary N) is 1. The molecule has 1 aliphatic rings. The molecule has 1 amide bonds. The Kier molecular flexibility index (Phi) is 5.59. The molecule has 0 spiro atoms. The Hall–Kier alpha value is -1.36. The third-order valence-electron chi connectivity index (χ3n) is 4.36. The highest BCUT2D eigenvalue weighted by atomic mass is 16.1. The van der Waals surface area contributed by atoms with Crippen molar-refractivity contribution in [2.24, 2.45) is 11.1 Å². The lowest BCUT2D eigenvalue weighted by molar-refractivity contribution is -0.123. The van der Waals surface area contributed by atoms with Gasteiger partial charge >= 0.3 is 0 Å². The van der Waals surface area contributed by atoms with Crippen molar-refractivity contribution >= 4 is 5.91 Å². The second-order valence-electron chi connectivity index (χ2n) is 5.95. The zero-order chi connectivity index (χ0) is 14.3. The van der Waals surface area contributed by atoms with E-state index in [-0.39, 0.29) is 11.3 Å². The van der Waals surface area contributed by atoms with Gasteiger partial charge in [0.15, 0.2) is 0 Å². The van der Waals surface area contributed by atoms with Crippen molar-refractivity contribution in [3.63, 3.8) is 0 Å². The van der Waals surface area contributed by atoms with Gasteiger partial charge in [0.25, 0.3) is 0 Å². The monoisotopic (exact) mass is 278 g/mol. The van der Waals surface area contributed by atoms with Crippen LogP contribution in [0.1, 0.15) is 44.9 Å². The van der Waals surface area contributed by atoms with Crippen LogP contribution in [0.5, 0.6) is 0 Å². The Morgan fingerprint density at radius 2 is 2.15 bits per heavy atom. The van der Waals surface area contributed by atoms with E-state index in [2.05, 4.69) is 10.3 Å². The normalized spacial score (nSPS) is 17.9. The highest BCUT2D eigenvalue weighted by Crippen LogP contribution is 2.38. The number of nitrogens with zero attached hydrogens (tertiary/aromatic N) is 2. The van der Waals surface area contributed by atoms with Crippen LogP contribution in [0.3, 0.4) is 0 Å². The minimum absolute atomic E-state index is 0.0622. The number of hydrogen-bond acceptors (Lipinski definition) is 3. The fourth-order valence-electron chi connectivity index (χ4n) is 3.07. The third-order valence-corrected chi connectivity index (χ3v) is 4.36. The fourth-order valence-corrected chi connectivity index (χ4v) is 3.07. The first kappa shape index (κ1) is 15.0. The Balaban J connectivity index is 1.66. The van der Waals surface area contributed by atoms with Crippen molar-refractivity contribution < 1.29 is 4.79 Å². The SMILES string of the molecule is NCC1(CC(=O)NCCCn2ccnc2)CCCCC1. The summed E-state index contributed by atoms with van der Waals surface area (Å²) in [7, 11) is 0. The quantitative estimate of drug-likeness (QED) is 0.745. The van der Waals surface area contributed by atoms with Gasteiger partial charge in [-0.05, 0) is 31.2 Å². The molecule has 2 rings (SSSR count). The average molecular weight is 278 g/mol. The van der Waals surface area contributed by atoms with Gasteiger partial charge in [0.1, 0.15) is 0 Å². The number of amides is 1. The molecule has 1 aliphatic carbocycles. The second-order valence-corrected chi connectivity index (χ2v) is 5.95. The Morgan fingerprint density at radius 1 is 1.35 bits per heavy atom. The number of hydrogen-bond donors (Lipinski definition) is 2. The molecule has 20 heavy (non-hydrogen) atoms. The van der Waals surface area contributed by atoms with Crippen LogP contribution in [-0.2, 0) is 11.3 Å². The average Bonchev–Trinajstić information content (AvgIpc) is 2.98. The van der Waals surface area contributed by atoms with E-state index in [0.29, 0.717) is 13.0 Å². The molecule has 5 heteroatoms. The highest BCUT2D eigenvalue weighted by molar-refractivity contribution is 5.76. The summed E-state index contributed by atoms with van der Waals surface area (Å²) in [6.07, 6.45) is 12.9. The smallest absolute Gasteiger partial charge is 0.220 e. The molecule has 0 radical (unpaired) electrons. The van der Waals surface area contributed by atoms with E-state index in [0.717, 1.165) is 32.4 Å². The largest absolute Gasteiger partial charge is 0.356 e. The lowest BCUT2D eigenvalue weighted by atomic mass is 9.71. The number of imidazole rings is 1. The van der Waals surface area contributed by atoms with E-state index in [1.165, 1.54) is 19.3 Å². The van der Waals surface area contributed by atoms with Crippen molar-refractivity contribution in [3.8, 4) is 0 Å². The molecule has 1 fully saturated rings. The van der Waals surface area contributed by atoms with E-state index in [4.69, 9.17) is 5.73 Å². The zero-order valence-corrected chi connectivity index (χ0v) is 12.2. The number of carbonyl (C=O) groups excluding carboxylic acids is 1. The Bertz CT molecular complexity index is 396. The molecule has 3 N–H and O–H groups in total. The van der Waals surface area contributed by atoms with E-state index < -0.39 is 0 Å². The number of aryl methyl sites for hydroxylation is 1. The first-order valence-corrected chi connectivity index (χ1v) is 7.67. The fraction of sp³-hybridized carbons (Fsp3) is 0.733. The Labute approximate surface area is 120 Å². The topological polar surface area (TPSA) is 72.9 Å². The van der Waals surface area contributed by atoms with Crippen LogP contribution in [0.15, 0.2) is 18.7 Å². The summed E-state index contributed by atoms with van der Waals surface area (Å²) in [6.45, 7) is 2.25. The summed E-state index contributed by atoms with van der Waals surface area (Å²) in [4.78, 5) is 16.0. The van der Waals surface area contributed by atoms with Crippen LogP contribution in [0.4, 0.5) is 0 Å². The summed E-state index contributed by atoms with van der Waals surface area (Å²) in [6, 6.07) is 0. The van der Waals surface area contributed by atoms with Crippen LogP contribution in [-0.4, -0.2) is 28.5 Å².